The summed E-state index contributed by atoms with van der Waals surface area (Å²) in [6.45, 7) is -0.721. The predicted octanol–water partition coefficient (Wildman–Crippen LogP) is 4.34. The summed E-state index contributed by atoms with van der Waals surface area (Å²) >= 11 is 1.36. The first-order valence-electron chi connectivity index (χ1n) is 8.76. The number of thioether (sulfide) groups is 1. The van der Waals surface area contributed by atoms with Gasteiger partial charge in [0.1, 0.15) is 10.8 Å². The highest BCUT2D eigenvalue weighted by Crippen LogP contribution is 2.25. The van der Waals surface area contributed by atoms with E-state index in [0.717, 1.165) is 5.56 Å². The van der Waals surface area contributed by atoms with Crippen molar-refractivity contribution in [2.24, 2.45) is 0 Å². The fourth-order valence-corrected chi connectivity index (χ4v) is 3.34. The van der Waals surface area contributed by atoms with Gasteiger partial charge in [0, 0.05) is 6.54 Å². The Morgan fingerprint density at radius 1 is 1.24 bits per heavy atom. The fourth-order valence-electron chi connectivity index (χ4n) is 2.72. The lowest BCUT2D eigenvalue weighted by Gasteiger charge is -2.12. The number of nitrogens with one attached hydrogen (secondary N) is 1. The lowest BCUT2D eigenvalue weighted by Crippen LogP contribution is -2.27. The Balaban J connectivity index is 1.64. The number of aromatic nitrogens is 2. The van der Waals surface area contributed by atoms with Crippen LogP contribution in [0.25, 0.3) is 11.6 Å². The van der Waals surface area contributed by atoms with Crippen LogP contribution in [0.2, 0.25) is 0 Å². The van der Waals surface area contributed by atoms with E-state index in [1.165, 1.54) is 23.9 Å². The molecular weight excluding hydrogens is 400 g/mol. The average Bonchev–Trinajstić information content (AvgIpc) is 3.23. The number of ether oxygens (including phenoxy) is 1. The minimum Gasteiger partial charge on any atom is -0.461 e. The first kappa shape index (κ1) is 20.8. The Morgan fingerprint density at radius 3 is 2.62 bits per heavy atom. The molecule has 0 aliphatic heterocycles. The third kappa shape index (κ3) is 5.32. The molecule has 1 aromatic carbocycles. The molecule has 1 N–H and O–H groups in total. The Bertz CT molecular complexity index is 964. The molecule has 2 aromatic heterocycles. The summed E-state index contributed by atoms with van der Waals surface area (Å²) in [4.78, 5) is 21.5. The number of aryl methyl sites for hydroxylation is 1. The predicted molar refractivity (Wildman–Crippen MR) is 105 cm³/mol. The van der Waals surface area contributed by atoms with Crippen molar-refractivity contribution < 1.29 is 22.7 Å². The monoisotopic (exact) mass is 419 g/mol. The van der Waals surface area contributed by atoms with Gasteiger partial charge < -0.3 is 14.5 Å². The molecule has 0 fully saturated rings. The maximum Gasteiger partial charge on any atom is 0.387 e. The minimum absolute atomic E-state index is 0.0989. The molecule has 0 aliphatic rings. The standard InChI is InChI=1S/C20H19F2N3O3S/c1-12-16(19(29-2)25-17(24-12)15-4-3-11-27-15)18(26)23-10-9-13-5-7-14(8-6-13)28-20(21)22/h3-8,11,20H,9-10H2,1-2H3,(H,23,26). The van der Waals surface area contributed by atoms with Crippen molar-refractivity contribution >= 4 is 17.7 Å². The highest BCUT2D eigenvalue weighted by atomic mass is 32.2. The summed E-state index contributed by atoms with van der Waals surface area (Å²) in [5, 5.41) is 3.42. The van der Waals surface area contributed by atoms with Crippen LogP contribution < -0.4 is 10.1 Å². The molecule has 0 saturated carbocycles. The zero-order valence-electron chi connectivity index (χ0n) is 15.8. The molecule has 0 spiro atoms. The van der Waals surface area contributed by atoms with Gasteiger partial charge in [0.05, 0.1) is 17.5 Å². The number of alkyl halides is 2. The largest absolute Gasteiger partial charge is 0.461 e. The Hall–Kier alpha value is -2.94. The van der Waals surface area contributed by atoms with Gasteiger partial charge in [0.2, 0.25) is 0 Å². The molecule has 0 unspecified atom stereocenters. The number of carbonyl (C=O) groups is 1. The van der Waals surface area contributed by atoms with E-state index < -0.39 is 6.61 Å². The molecule has 6 nitrogen and oxygen atoms in total. The maximum absolute atomic E-state index is 12.7. The number of halogens is 2. The van der Waals surface area contributed by atoms with E-state index in [0.29, 0.717) is 40.8 Å². The van der Waals surface area contributed by atoms with Gasteiger partial charge in [-0.2, -0.15) is 8.78 Å². The Morgan fingerprint density at radius 2 is 2.00 bits per heavy atom. The number of rotatable bonds is 8. The van der Waals surface area contributed by atoms with Crippen molar-refractivity contribution in [3.8, 4) is 17.3 Å². The van der Waals surface area contributed by atoms with Gasteiger partial charge in [-0.15, -0.1) is 11.8 Å². The second kappa shape index (κ2) is 9.51. The lowest BCUT2D eigenvalue weighted by atomic mass is 10.1. The van der Waals surface area contributed by atoms with Gasteiger partial charge in [0.25, 0.3) is 5.91 Å². The van der Waals surface area contributed by atoms with Crippen LogP contribution in [0.15, 0.2) is 52.1 Å². The molecule has 3 rings (SSSR count). The van der Waals surface area contributed by atoms with Crippen LogP contribution in [0.5, 0.6) is 5.75 Å². The molecule has 1 amide bonds. The smallest absolute Gasteiger partial charge is 0.387 e. The first-order valence-corrected chi connectivity index (χ1v) is 9.99. The number of hydrogen-bond donors (Lipinski definition) is 1. The van der Waals surface area contributed by atoms with Crippen molar-refractivity contribution in [1.29, 1.82) is 0 Å². The van der Waals surface area contributed by atoms with E-state index in [1.807, 2.05) is 6.26 Å². The van der Waals surface area contributed by atoms with Crippen molar-refractivity contribution in [2.45, 2.75) is 25.0 Å². The number of benzene rings is 1. The van der Waals surface area contributed by atoms with Gasteiger partial charge in [0.15, 0.2) is 11.6 Å². The molecule has 152 valence electrons. The number of carbonyl (C=O) groups excluding carboxylic acids is 1. The van der Waals surface area contributed by atoms with E-state index in [2.05, 4.69) is 20.0 Å². The van der Waals surface area contributed by atoms with Gasteiger partial charge in [-0.1, -0.05) is 12.1 Å². The van der Waals surface area contributed by atoms with E-state index in [9.17, 15) is 13.6 Å². The number of furan rings is 1. The molecule has 29 heavy (non-hydrogen) atoms. The number of amides is 1. The third-order valence-electron chi connectivity index (χ3n) is 4.07. The zero-order chi connectivity index (χ0) is 20.8. The van der Waals surface area contributed by atoms with Gasteiger partial charge in [-0.3, -0.25) is 4.79 Å². The molecule has 0 radical (unpaired) electrons. The van der Waals surface area contributed by atoms with Crippen molar-refractivity contribution in [3.63, 3.8) is 0 Å². The molecule has 0 bridgehead atoms. The number of hydrogen-bond acceptors (Lipinski definition) is 6. The highest BCUT2D eigenvalue weighted by Gasteiger charge is 2.19. The van der Waals surface area contributed by atoms with E-state index in [-0.39, 0.29) is 11.7 Å². The quantitative estimate of drug-likeness (QED) is 0.432. The third-order valence-corrected chi connectivity index (χ3v) is 4.75. The zero-order valence-corrected chi connectivity index (χ0v) is 16.6. The van der Waals surface area contributed by atoms with Gasteiger partial charge in [-0.25, -0.2) is 9.97 Å². The SMILES string of the molecule is CSc1nc(-c2ccco2)nc(C)c1C(=O)NCCc1ccc(OC(F)F)cc1. The summed E-state index contributed by atoms with van der Waals surface area (Å²) in [5.41, 5.74) is 1.87. The second-order valence-electron chi connectivity index (χ2n) is 6.02. The summed E-state index contributed by atoms with van der Waals surface area (Å²) in [5.74, 6) is 0.798. The molecule has 0 saturated heterocycles. The fraction of sp³-hybridized carbons (Fsp3) is 0.250. The number of nitrogens with zero attached hydrogens (tertiary/aromatic N) is 2. The van der Waals surface area contributed by atoms with Crippen LogP contribution in [0.3, 0.4) is 0 Å². The summed E-state index contributed by atoms with van der Waals surface area (Å²) < 4.78 is 34.0. The van der Waals surface area contributed by atoms with Crippen LogP contribution >= 0.6 is 11.8 Å². The van der Waals surface area contributed by atoms with Crippen molar-refractivity contribution in [1.82, 2.24) is 15.3 Å². The van der Waals surface area contributed by atoms with E-state index >= 15 is 0 Å². The van der Waals surface area contributed by atoms with E-state index in [4.69, 9.17) is 4.42 Å². The van der Waals surface area contributed by atoms with Crippen LogP contribution in [0.1, 0.15) is 21.6 Å². The Labute approximate surface area is 170 Å². The van der Waals surface area contributed by atoms with Crippen LogP contribution in [-0.4, -0.2) is 35.3 Å². The molecular formula is C20H19F2N3O3S. The molecule has 2 heterocycles. The molecule has 0 atom stereocenters. The normalized spacial score (nSPS) is 10.9. The van der Waals surface area contributed by atoms with Crippen LogP contribution in [-0.2, 0) is 6.42 Å². The van der Waals surface area contributed by atoms with E-state index in [1.54, 1.807) is 37.5 Å². The van der Waals surface area contributed by atoms with Gasteiger partial charge >= 0.3 is 6.61 Å². The summed E-state index contributed by atoms with van der Waals surface area (Å²) in [6.07, 6.45) is 3.92. The van der Waals surface area contributed by atoms with Gasteiger partial charge in [-0.05, 0) is 49.4 Å². The minimum atomic E-state index is -2.85. The maximum atomic E-state index is 12.7. The summed E-state index contributed by atoms with van der Waals surface area (Å²) in [6, 6.07) is 9.82. The van der Waals surface area contributed by atoms with Crippen molar-refractivity contribution in [2.75, 3.05) is 12.8 Å². The van der Waals surface area contributed by atoms with Crippen LogP contribution in [0.4, 0.5) is 8.78 Å². The van der Waals surface area contributed by atoms with Crippen molar-refractivity contribution in [3.05, 3.63) is 59.5 Å². The molecule has 3 aromatic rings. The first-order chi connectivity index (χ1) is 14.0. The Kier molecular flexibility index (Phi) is 6.82. The second-order valence-corrected chi connectivity index (χ2v) is 6.82. The molecule has 9 heteroatoms. The highest BCUT2D eigenvalue weighted by molar-refractivity contribution is 7.98. The van der Waals surface area contributed by atoms with Crippen LogP contribution in [0, 0.1) is 6.92 Å². The lowest BCUT2D eigenvalue weighted by molar-refractivity contribution is -0.0498. The molecule has 0 aliphatic carbocycles. The summed E-state index contributed by atoms with van der Waals surface area (Å²) in [7, 11) is 0. The average molecular weight is 419 g/mol. The topological polar surface area (TPSA) is 77.2 Å².